The van der Waals surface area contributed by atoms with E-state index in [0.717, 1.165) is 22.0 Å². The summed E-state index contributed by atoms with van der Waals surface area (Å²) in [5, 5.41) is 20.5. The van der Waals surface area contributed by atoms with Crippen molar-refractivity contribution in [3.8, 4) is 6.07 Å². The lowest BCUT2D eigenvalue weighted by atomic mass is 9.68. The van der Waals surface area contributed by atoms with E-state index in [-0.39, 0.29) is 11.2 Å². The number of Topliss-reactive ketones (excluding diaryl/α,β-unsaturated/α-hetero) is 1. The second-order valence-electron chi connectivity index (χ2n) is 10.8. The maximum Gasteiger partial charge on any atom is 0.219 e. The highest BCUT2D eigenvalue weighted by Gasteiger charge is 2.45. The zero-order chi connectivity index (χ0) is 25.4. The molecule has 36 heavy (non-hydrogen) atoms. The summed E-state index contributed by atoms with van der Waals surface area (Å²) in [5.74, 6) is -0.0196. The van der Waals surface area contributed by atoms with Crippen LogP contribution < -0.4 is 10.6 Å². The van der Waals surface area contributed by atoms with E-state index in [9.17, 15) is 10.1 Å². The van der Waals surface area contributed by atoms with Gasteiger partial charge in [0.25, 0.3) is 0 Å². The highest BCUT2D eigenvalue weighted by atomic mass is 32.2. The van der Waals surface area contributed by atoms with E-state index >= 15 is 0 Å². The van der Waals surface area contributed by atoms with Crippen LogP contribution in [-0.4, -0.2) is 21.2 Å². The fourth-order valence-electron chi connectivity index (χ4n) is 5.67. The lowest BCUT2D eigenvalue weighted by molar-refractivity contribution is -0.118. The van der Waals surface area contributed by atoms with Crippen molar-refractivity contribution in [2.75, 3.05) is 4.90 Å². The van der Waals surface area contributed by atoms with E-state index in [1.165, 1.54) is 49.0 Å². The molecule has 0 spiro atoms. The molecule has 1 unspecified atom stereocenters. The Kier molecular flexibility index (Phi) is 6.97. The molecule has 6 nitrogen and oxygen atoms in total. The van der Waals surface area contributed by atoms with Crippen LogP contribution in [0.4, 0.5) is 5.13 Å². The van der Waals surface area contributed by atoms with Crippen molar-refractivity contribution in [1.29, 1.82) is 5.26 Å². The largest absolute Gasteiger partial charge is 0.384 e. The smallest absolute Gasteiger partial charge is 0.219 e. The monoisotopic (exact) mass is 519 g/mol. The van der Waals surface area contributed by atoms with Gasteiger partial charge in [-0.2, -0.15) is 5.26 Å². The molecule has 1 saturated carbocycles. The average molecular weight is 520 g/mol. The molecule has 0 bridgehead atoms. The van der Waals surface area contributed by atoms with Gasteiger partial charge in [-0.1, -0.05) is 87.4 Å². The first-order chi connectivity index (χ1) is 17.3. The summed E-state index contributed by atoms with van der Waals surface area (Å²) in [5.41, 5.74) is 10.6. The Morgan fingerprint density at radius 2 is 1.89 bits per heavy atom. The first-order valence-electron chi connectivity index (χ1n) is 12.9. The number of nitrogens with two attached hydrogens (primary N) is 1. The Labute approximate surface area is 221 Å². The van der Waals surface area contributed by atoms with Gasteiger partial charge >= 0.3 is 0 Å². The lowest BCUT2D eigenvalue weighted by Crippen LogP contribution is -2.42. The molecule has 2 N–H and O–H groups in total. The van der Waals surface area contributed by atoms with E-state index in [0.29, 0.717) is 40.2 Å². The molecule has 1 aliphatic heterocycles. The second-order valence-corrected chi connectivity index (χ2v) is 13.3. The molecule has 188 valence electrons. The van der Waals surface area contributed by atoms with Gasteiger partial charge in [0.2, 0.25) is 5.13 Å². The zero-order valence-corrected chi connectivity index (χ0v) is 22.8. The summed E-state index contributed by atoms with van der Waals surface area (Å²) in [6, 6.07) is 10.6. The van der Waals surface area contributed by atoms with E-state index < -0.39 is 5.92 Å². The molecule has 2 aromatic rings. The third-order valence-electron chi connectivity index (χ3n) is 7.51. The third-order valence-corrected chi connectivity index (χ3v) is 9.84. The van der Waals surface area contributed by atoms with Gasteiger partial charge in [0.05, 0.1) is 17.6 Å². The molecular weight excluding hydrogens is 486 g/mol. The predicted octanol–water partition coefficient (Wildman–Crippen LogP) is 6.47. The van der Waals surface area contributed by atoms with Gasteiger partial charge in [-0.05, 0) is 42.2 Å². The molecule has 1 fully saturated rings. The summed E-state index contributed by atoms with van der Waals surface area (Å²) >= 11 is 3.31. The number of nitrogens with zero attached hydrogens (tertiary/aromatic N) is 4. The number of carbonyl (C=O) groups excluding carboxylic acids is 1. The van der Waals surface area contributed by atoms with Crippen LogP contribution >= 0.6 is 23.1 Å². The zero-order valence-electron chi connectivity index (χ0n) is 21.2. The number of carbonyl (C=O) groups is 1. The quantitative estimate of drug-likeness (QED) is 0.484. The molecule has 0 radical (unpaired) electrons. The minimum atomic E-state index is -0.459. The first kappa shape index (κ1) is 25.0. The number of thioether (sulfide) groups is 1. The van der Waals surface area contributed by atoms with Crippen molar-refractivity contribution in [2.45, 2.75) is 87.6 Å². The number of hydrogen-bond acceptors (Lipinski definition) is 8. The van der Waals surface area contributed by atoms with Crippen LogP contribution in [0, 0.1) is 16.7 Å². The number of rotatable bonds is 5. The van der Waals surface area contributed by atoms with E-state index in [2.05, 4.69) is 49.2 Å². The standard InChI is InChI=1S/C28H33N5OS2/c1-4-17-10-12-18(13-11-17)23-20(16-29)25(30)33(21-14-28(2,3)15-22(34)24(21)23)26-31-32-27(36-26)35-19-8-6-5-7-9-19/h10-13,19,23H,4-9,14-15,30H2,1-3H3. The summed E-state index contributed by atoms with van der Waals surface area (Å²) in [6.07, 6.45) is 8.33. The number of benzene rings is 1. The number of hydrogen-bond donors (Lipinski definition) is 1. The van der Waals surface area contributed by atoms with E-state index in [1.54, 1.807) is 11.8 Å². The lowest BCUT2D eigenvalue weighted by Gasteiger charge is -2.42. The molecule has 0 saturated heterocycles. The van der Waals surface area contributed by atoms with Gasteiger partial charge in [-0.25, -0.2) is 0 Å². The molecule has 1 aromatic heterocycles. The second kappa shape index (κ2) is 10.0. The Bertz CT molecular complexity index is 1260. The highest BCUT2D eigenvalue weighted by molar-refractivity contribution is 8.01. The summed E-state index contributed by atoms with van der Waals surface area (Å²) in [4.78, 5) is 15.5. The minimum absolute atomic E-state index is 0.0809. The van der Waals surface area contributed by atoms with Crippen LogP contribution in [-0.2, 0) is 11.2 Å². The fourth-order valence-corrected chi connectivity index (χ4v) is 8.06. The van der Waals surface area contributed by atoms with Gasteiger partial charge in [0.1, 0.15) is 5.82 Å². The normalized spacial score (nSPS) is 22.6. The molecule has 2 aliphatic carbocycles. The number of nitriles is 1. The van der Waals surface area contributed by atoms with Crippen LogP contribution in [0.25, 0.3) is 0 Å². The van der Waals surface area contributed by atoms with Crippen LogP contribution in [0.2, 0.25) is 0 Å². The highest BCUT2D eigenvalue weighted by Crippen LogP contribution is 2.51. The minimum Gasteiger partial charge on any atom is -0.384 e. The van der Waals surface area contributed by atoms with Crippen molar-refractivity contribution >= 4 is 34.0 Å². The van der Waals surface area contributed by atoms with Gasteiger partial charge < -0.3 is 5.73 Å². The van der Waals surface area contributed by atoms with Crippen molar-refractivity contribution in [1.82, 2.24) is 10.2 Å². The number of aryl methyl sites for hydroxylation is 1. The summed E-state index contributed by atoms with van der Waals surface area (Å²) in [7, 11) is 0. The van der Waals surface area contributed by atoms with Gasteiger partial charge in [-0.3, -0.25) is 9.69 Å². The SMILES string of the molecule is CCc1ccc(C2C(C#N)=C(N)N(c3nnc(SC4CCCCC4)s3)C3=C2C(=O)CC(C)(C)C3)cc1. The van der Waals surface area contributed by atoms with Crippen LogP contribution in [0.3, 0.4) is 0 Å². The first-order valence-corrected chi connectivity index (χ1v) is 14.6. The molecule has 8 heteroatoms. The molecule has 2 heterocycles. The predicted molar refractivity (Wildman–Crippen MR) is 146 cm³/mol. The maximum atomic E-state index is 13.7. The van der Waals surface area contributed by atoms with Gasteiger partial charge in [-0.15, -0.1) is 10.2 Å². The molecule has 3 aliphatic rings. The maximum absolute atomic E-state index is 13.7. The molecule has 1 aromatic carbocycles. The van der Waals surface area contributed by atoms with Crippen molar-refractivity contribution in [2.24, 2.45) is 11.1 Å². The fraction of sp³-hybridized carbons (Fsp3) is 0.500. The van der Waals surface area contributed by atoms with Gasteiger partial charge in [0, 0.05) is 22.9 Å². The Morgan fingerprint density at radius 3 is 2.56 bits per heavy atom. The number of aromatic nitrogens is 2. The number of anilines is 1. The van der Waals surface area contributed by atoms with E-state index in [1.807, 2.05) is 17.0 Å². The molecule has 5 rings (SSSR count). The van der Waals surface area contributed by atoms with Crippen molar-refractivity contribution in [3.63, 3.8) is 0 Å². The molecule has 1 atom stereocenters. The Balaban J connectivity index is 1.59. The van der Waals surface area contributed by atoms with Crippen LogP contribution in [0.5, 0.6) is 0 Å². The average Bonchev–Trinajstić information content (AvgIpc) is 3.31. The molecular formula is C28H33N5OS2. The Hall–Kier alpha value is -2.63. The summed E-state index contributed by atoms with van der Waals surface area (Å²) < 4.78 is 0.920. The Morgan fingerprint density at radius 1 is 1.17 bits per heavy atom. The number of allylic oxidation sites excluding steroid dienone is 3. The van der Waals surface area contributed by atoms with Crippen LogP contribution in [0.1, 0.15) is 82.8 Å². The van der Waals surface area contributed by atoms with Crippen molar-refractivity contribution < 1.29 is 4.79 Å². The van der Waals surface area contributed by atoms with Gasteiger partial charge in [0.15, 0.2) is 10.1 Å². The molecule has 0 amide bonds. The van der Waals surface area contributed by atoms with Crippen LogP contribution in [0.15, 0.2) is 51.3 Å². The topological polar surface area (TPSA) is 95.9 Å². The summed E-state index contributed by atoms with van der Waals surface area (Å²) in [6.45, 7) is 6.34. The third kappa shape index (κ3) is 4.71. The number of ketones is 1. The van der Waals surface area contributed by atoms with E-state index in [4.69, 9.17) is 5.73 Å². The van der Waals surface area contributed by atoms with Crippen molar-refractivity contribution in [3.05, 3.63) is 58.1 Å².